The molecule has 132 valence electrons. The summed E-state index contributed by atoms with van der Waals surface area (Å²) >= 11 is 0. The SMILES string of the molecule is CC(=O)OC(=O)CC(O)(CC(=O)OCC(O)CO)C(=O)O.N.[Ca+2].[H-].[H-]. The molecule has 0 aliphatic carbocycles. The monoisotopic (exact) mass is 367 g/mol. The fourth-order valence-electron chi connectivity index (χ4n) is 1.18. The van der Waals surface area contributed by atoms with Gasteiger partial charge in [0.05, 0.1) is 19.4 Å². The number of carboxylic acids is 1. The van der Waals surface area contributed by atoms with E-state index in [-0.39, 0.29) is 46.7 Å². The minimum absolute atomic E-state index is 0. The molecule has 0 aliphatic rings. The summed E-state index contributed by atoms with van der Waals surface area (Å²) in [5.74, 6) is -5.43. The second kappa shape index (κ2) is 12.6. The van der Waals surface area contributed by atoms with Crippen molar-refractivity contribution in [3.05, 3.63) is 0 Å². The van der Waals surface area contributed by atoms with Crippen LogP contribution in [-0.2, 0) is 28.7 Å². The first kappa shape index (κ1) is 27.0. The molecule has 0 aromatic carbocycles. The molecule has 12 heteroatoms. The molecule has 0 spiro atoms. The topological polar surface area (TPSA) is 203 Å². The van der Waals surface area contributed by atoms with Crippen molar-refractivity contribution in [2.75, 3.05) is 13.2 Å². The third-order valence-electron chi connectivity index (χ3n) is 2.18. The number of aliphatic hydroxyl groups is 3. The molecule has 0 aliphatic heterocycles. The van der Waals surface area contributed by atoms with Gasteiger partial charge in [-0.15, -0.1) is 0 Å². The van der Waals surface area contributed by atoms with E-state index in [1.165, 1.54) is 0 Å². The Bertz CT molecular complexity index is 439. The van der Waals surface area contributed by atoms with E-state index in [0.29, 0.717) is 0 Å². The first-order chi connectivity index (χ1) is 9.60. The minimum Gasteiger partial charge on any atom is -1.00 e. The van der Waals surface area contributed by atoms with Crippen LogP contribution in [0.1, 0.15) is 22.6 Å². The molecular formula is C11H21CaNO10. The molecule has 23 heavy (non-hydrogen) atoms. The molecule has 11 nitrogen and oxygen atoms in total. The van der Waals surface area contributed by atoms with Crippen molar-refractivity contribution in [2.45, 2.75) is 31.5 Å². The number of aliphatic carboxylic acids is 1. The fraction of sp³-hybridized carbons (Fsp3) is 0.636. The maximum absolute atomic E-state index is 11.3. The van der Waals surface area contributed by atoms with E-state index in [2.05, 4.69) is 9.47 Å². The molecule has 0 saturated heterocycles. The molecule has 0 bridgehead atoms. The Labute approximate surface area is 164 Å². The average molecular weight is 367 g/mol. The third kappa shape index (κ3) is 11.4. The fourth-order valence-corrected chi connectivity index (χ4v) is 1.18. The van der Waals surface area contributed by atoms with E-state index in [1.807, 2.05) is 0 Å². The Hall–Kier alpha value is -0.820. The summed E-state index contributed by atoms with van der Waals surface area (Å²) in [4.78, 5) is 44.0. The van der Waals surface area contributed by atoms with Crippen LogP contribution in [0, 0.1) is 0 Å². The molecule has 0 aromatic heterocycles. The van der Waals surface area contributed by atoms with E-state index in [9.17, 15) is 24.3 Å². The van der Waals surface area contributed by atoms with E-state index in [4.69, 9.17) is 15.3 Å². The van der Waals surface area contributed by atoms with Gasteiger partial charge in [-0.1, -0.05) is 0 Å². The van der Waals surface area contributed by atoms with Gasteiger partial charge in [-0.2, -0.15) is 0 Å². The van der Waals surface area contributed by atoms with Crippen LogP contribution in [0.5, 0.6) is 0 Å². The van der Waals surface area contributed by atoms with Crippen LogP contribution in [0.3, 0.4) is 0 Å². The van der Waals surface area contributed by atoms with Crippen molar-refractivity contribution in [3.8, 4) is 0 Å². The quantitative estimate of drug-likeness (QED) is 0.173. The molecule has 0 radical (unpaired) electrons. The van der Waals surface area contributed by atoms with Gasteiger partial charge in [0.25, 0.3) is 0 Å². The van der Waals surface area contributed by atoms with Gasteiger partial charge in [0.1, 0.15) is 12.7 Å². The van der Waals surface area contributed by atoms with Gasteiger partial charge in [-0.3, -0.25) is 14.4 Å². The summed E-state index contributed by atoms with van der Waals surface area (Å²) < 4.78 is 8.48. The first-order valence-corrected chi connectivity index (χ1v) is 5.72. The number of ether oxygens (including phenoxy) is 2. The van der Waals surface area contributed by atoms with Gasteiger partial charge in [0, 0.05) is 6.92 Å². The maximum Gasteiger partial charge on any atom is 2.00 e. The summed E-state index contributed by atoms with van der Waals surface area (Å²) in [5.41, 5.74) is -2.81. The van der Waals surface area contributed by atoms with Crippen LogP contribution in [0.15, 0.2) is 0 Å². The zero-order chi connectivity index (χ0) is 16.6. The molecule has 0 rings (SSSR count). The first-order valence-electron chi connectivity index (χ1n) is 5.72. The summed E-state index contributed by atoms with van der Waals surface area (Å²) in [6.07, 6.45) is -3.60. The standard InChI is InChI=1S/C11H16O10.Ca.H3N.2H/c1-6(13)21-9(16)3-11(19,10(17)18)2-8(15)20-5-7(14)4-12;;;;/h7,12,14,19H,2-5H2,1H3,(H,17,18);;1H3;;/q;+2;;2*-1. The molecule has 0 heterocycles. The van der Waals surface area contributed by atoms with E-state index in [0.717, 1.165) is 6.92 Å². The van der Waals surface area contributed by atoms with Crippen LogP contribution in [-0.4, -0.2) is 107 Å². The Morgan fingerprint density at radius 1 is 1.17 bits per heavy atom. The molecule has 2 unspecified atom stereocenters. The second-order valence-corrected chi connectivity index (χ2v) is 4.18. The second-order valence-electron chi connectivity index (χ2n) is 4.18. The van der Waals surface area contributed by atoms with Crippen molar-refractivity contribution in [2.24, 2.45) is 0 Å². The molecule has 0 saturated carbocycles. The van der Waals surface area contributed by atoms with Gasteiger partial charge >= 0.3 is 61.6 Å². The Balaban J connectivity index is -0.000000333. The number of esters is 3. The summed E-state index contributed by atoms with van der Waals surface area (Å²) in [6.45, 7) is -0.382. The Morgan fingerprint density at radius 3 is 2.04 bits per heavy atom. The van der Waals surface area contributed by atoms with Crippen LogP contribution in [0.25, 0.3) is 0 Å². The number of carbonyl (C=O) groups is 4. The number of aliphatic hydroxyl groups excluding tert-OH is 2. The number of carboxylic acid groups (broad SMARTS) is 1. The largest absolute Gasteiger partial charge is 2.00 e. The molecule has 0 aromatic rings. The maximum atomic E-state index is 11.3. The smallest absolute Gasteiger partial charge is 1.00 e. The molecule has 0 amide bonds. The summed E-state index contributed by atoms with van der Waals surface area (Å²) in [6, 6.07) is 0. The van der Waals surface area contributed by atoms with Gasteiger partial charge in [0.2, 0.25) is 0 Å². The van der Waals surface area contributed by atoms with Crippen LogP contribution in [0.4, 0.5) is 0 Å². The minimum atomic E-state index is -2.81. The Kier molecular flexibility index (Phi) is 14.8. The van der Waals surface area contributed by atoms with Crippen LogP contribution in [0.2, 0.25) is 0 Å². The van der Waals surface area contributed by atoms with Crippen molar-refractivity contribution in [1.82, 2.24) is 6.15 Å². The summed E-state index contributed by atoms with van der Waals surface area (Å²) in [7, 11) is 0. The van der Waals surface area contributed by atoms with Crippen LogP contribution < -0.4 is 6.15 Å². The number of hydrogen-bond acceptors (Lipinski definition) is 10. The molecule has 7 N–H and O–H groups in total. The van der Waals surface area contributed by atoms with Gasteiger partial charge in [-0.05, 0) is 0 Å². The average Bonchev–Trinajstić information content (AvgIpc) is 2.34. The van der Waals surface area contributed by atoms with E-state index >= 15 is 0 Å². The third-order valence-corrected chi connectivity index (χ3v) is 2.18. The molecule has 0 fully saturated rings. The Morgan fingerprint density at radius 2 is 1.65 bits per heavy atom. The van der Waals surface area contributed by atoms with Crippen LogP contribution >= 0.6 is 0 Å². The molecule has 2 atom stereocenters. The van der Waals surface area contributed by atoms with E-state index < -0.39 is 61.6 Å². The zero-order valence-electron chi connectivity index (χ0n) is 14.6. The van der Waals surface area contributed by atoms with Crippen molar-refractivity contribution in [3.63, 3.8) is 0 Å². The summed E-state index contributed by atoms with van der Waals surface area (Å²) in [5, 5.41) is 36.0. The van der Waals surface area contributed by atoms with E-state index in [1.54, 1.807) is 0 Å². The van der Waals surface area contributed by atoms with Crippen molar-refractivity contribution >= 4 is 61.6 Å². The van der Waals surface area contributed by atoms with Gasteiger partial charge < -0.3 is 38.9 Å². The predicted molar refractivity (Wildman–Crippen MR) is 75.6 cm³/mol. The van der Waals surface area contributed by atoms with Crippen molar-refractivity contribution in [1.29, 1.82) is 0 Å². The zero-order valence-corrected chi connectivity index (χ0v) is 14.8. The van der Waals surface area contributed by atoms with Gasteiger partial charge in [0.15, 0.2) is 5.60 Å². The van der Waals surface area contributed by atoms with Gasteiger partial charge in [-0.25, -0.2) is 4.79 Å². The predicted octanol–water partition coefficient (Wildman–Crippen LogP) is -2.43. The normalized spacial score (nSPS) is 13.4. The number of hydrogen-bond donors (Lipinski definition) is 5. The van der Waals surface area contributed by atoms with Crippen molar-refractivity contribution < 1.29 is 51.9 Å². The number of carbonyl (C=O) groups excluding carboxylic acids is 3. The number of rotatable bonds is 8. The molecular weight excluding hydrogens is 346 g/mol.